The van der Waals surface area contributed by atoms with Crippen LogP contribution in [0.4, 0.5) is 0 Å². The van der Waals surface area contributed by atoms with Gasteiger partial charge in [-0.3, -0.25) is 9.59 Å². The van der Waals surface area contributed by atoms with Crippen molar-refractivity contribution in [3.63, 3.8) is 0 Å². The molecule has 0 radical (unpaired) electrons. The standard InChI is InChI=1S/C20H26ClN5O2/c1-3-24(4-2)19(27)16-8-6-10-25(13-16)20(28)18-14-26(23-22-18)12-15-7-5-9-17(21)11-15/h5,7,9,11,14,16H,3-4,6,8,10,12-13H2,1-2H3/t16-/m1/s1. The Morgan fingerprint density at radius 3 is 2.79 bits per heavy atom. The van der Waals surface area contributed by atoms with Crippen LogP contribution in [-0.4, -0.2) is 62.8 Å². The monoisotopic (exact) mass is 403 g/mol. The van der Waals surface area contributed by atoms with Crippen molar-refractivity contribution in [2.24, 2.45) is 5.92 Å². The molecule has 1 aliphatic heterocycles. The first kappa shape index (κ1) is 20.3. The number of carbonyl (C=O) groups excluding carboxylic acids is 2. The lowest BCUT2D eigenvalue weighted by atomic mass is 9.96. The molecule has 2 heterocycles. The molecule has 0 aliphatic carbocycles. The Balaban J connectivity index is 1.65. The highest BCUT2D eigenvalue weighted by Crippen LogP contribution is 2.20. The van der Waals surface area contributed by atoms with Gasteiger partial charge in [-0.05, 0) is 44.4 Å². The maximum atomic E-state index is 12.9. The Morgan fingerprint density at radius 1 is 1.29 bits per heavy atom. The Labute approximate surface area is 170 Å². The number of hydrogen-bond acceptors (Lipinski definition) is 4. The van der Waals surface area contributed by atoms with E-state index < -0.39 is 0 Å². The van der Waals surface area contributed by atoms with Crippen molar-refractivity contribution < 1.29 is 9.59 Å². The van der Waals surface area contributed by atoms with Gasteiger partial charge in [-0.2, -0.15) is 0 Å². The highest BCUT2D eigenvalue weighted by molar-refractivity contribution is 6.30. The van der Waals surface area contributed by atoms with Crippen LogP contribution in [0.15, 0.2) is 30.5 Å². The summed E-state index contributed by atoms with van der Waals surface area (Å²) in [6.07, 6.45) is 3.29. The number of likely N-dealkylation sites (tertiary alicyclic amines) is 1. The van der Waals surface area contributed by atoms with Gasteiger partial charge in [-0.25, -0.2) is 4.68 Å². The van der Waals surface area contributed by atoms with Crippen molar-refractivity contribution in [2.75, 3.05) is 26.2 Å². The average Bonchev–Trinajstić information content (AvgIpc) is 3.16. The minimum Gasteiger partial charge on any atom is -0.343 e. The molecule has 3 rings (SSSR count). The molecule has 1 aromatic heterocycles. The van der Waals surface area contributed by atoms with Crippen LogP contribution in [0.25, 0.3) is 0 Å². The summed E-state index contributed by atoms with van der Waals surface area (Å²) in [5, 5.41) is 8.77. The van der Waals surface area contributed by atoms with Crippen LogP contribution in [0.2, 0.25) is 5.02 Å². The summed E-state index contributed by atoms with van der Waals surface area (Å²) in [5.41, 5.74) is 1.29. The molecule has 0 spiro atoms. The summed E-state index contributed by atoms with van der Waals surface area (Å²) in [4.78, 5) is 29.1. The second-order valence-corrected chi connectivity index (χ2v) is 7.47. The van der Waals surface area contributed by atoms with Crippen molar-refractivity contribution in [1.82, 2.24) is 24.8 Å². The van der Waals surface area contributed by atoms with Gasteiger partial charge in [0.15, 0.2) is 5.69 Å². The molecule has 7 nitrogen and oxygen atoms in total. The van der Waals surface area contributed by atoms with E-state index >= 15 is 0 Å². The van der Waals surface area contributed by atoms with Gasteiger partial charge in [0.05, 0.1) is 18.7 Å². The third-order valence-electron chi connectivity index (χ3n) is 5.12. The van der Waals surface area contributed by atoms with E-state index in [2.05, 4.69) is 10.3 Å². The SMILES string of the molecule is CCN(CC)C(=O)[C@@H]1CCCN(C(=O)c2cn(Cc3cccc(Cl)c3)nn2)C1. The fraction of sp³-hybridized carbons (Fsp3) is 0.500. The molecule has 0 bridgehead atoms. The Bertz CT molecular complexity index is 834. The maximum absolute atomic E-state index is 12.9. The van der Waals surface area contributed by atoms with Crippen LogP contribution in [0.5, 0.6) is 0 Å². The summed E-state index contributed by atoms with van der Waals surface area (Å²) < 4.78 is 1.63. The summed E-state index contributed by atoms with van der Waals surface area (Å²) >= 11 is 6.01. The fourth-order valence-corrected chi connectivity index (χ4v) is 3.83. The largest absolute Gasteiger partial charge is 0.343 e. The van der Waals surface area contributed by atoms with Gasteiger partial charge in [0, 0.05) is 31.2 Å². The molecule has 8 heteroatoms. The van der Waals surface area contributed by atoms with E-state index in [0.717, 1.165) is 18.4 Å². The van der Waals surface area contributed by atoms with E-state index in [4.69, 9.17) is 11.6 Å². The topological polar surface area (TPSA) is 71.3 Å². The lowest BCUT2D eigenvalue weighted by molar-refractivity contribution is -0.136. The minimum atomic E-state index is -0.172. The molecule has 1 fully saturated rings. The highest BCUT2D eigenvalue weighted by Gasteiger charge is 2.31. The van der Waals surface area contributed by atoms with Crippen molar-refractivity contribution in [2.45, 2.75) is 33.2 Å². The predicted molar refractivity (Wildman–Crippen MR) is 107 cm³/mol. The summed E-state index contributed by atoms with van der Waals surface area (Å²) in [5.74, 6) is -0.180. The smallest absolute Gasteiger partial charge is 0.276 e. The first-order valence-corrected chi connectivity index (χ1v) is 10.1. The molecule has 0 unspecified atom stereocenters. The predicted octanol–water partition coefficient (Wildman–Crippen LogP) is 2.70. The number of benzene rings is 1. The van der Waals surface area contributed by atoms with Gasteiger partial charge in [0.25, 0.3) is 5.91 Å². The molecule has 0 saturated carbocycles. The van der Waals surface area contributed by atoms with Crippen LogP contribution in [0.3, 0.4) is 0 Å². The van der Waals surface area contributed by atoms with Crippen LogP contribution in [0.1, 0.15) is 42.7 Å². The molecular weight excluding hydrogens is 378 g/mol. The zero-order chi connectivity index (χ0) is 20.1. The lowest BCUT2D eigenvalue weighted by Crippen LogP contribution is -2.46. The maximum Gasteiger partial charge on any atom is 0.276 e. The fourth-order valence-electron chi connectivity index (χ4n) is 3.61. The molecule has 0 N–H and O–H groups in total. The number of rotatable bonds is 6. The van der Waals surface area contributed by atoms with E-state index in [-0.39, 0.29) is 17.7 Å². The highest BCUT2D eigenvalue weighted by atomic mass is 35.5. The zero-order valence-electron chi connectivity index (χ0n) is 16.3. The third kappa shape index (κ3) is 4.70. The normalized spacial score (nSPS) is 16.8. The van der Waals surface area contributed by atoms with Crippen LogP contribution in [0, 0.1) is 5.92 Å². The lowest BCUT2D eigenvalue weighted by Gasteiger charge is -2.34. The molecule has 150 valence electrons. The van der Waals surface area contributed by atoms with E-state index in [1.54, 1.807) is 15.8 Å². The summed E-state index contributed by atoms with van der Waals surface area (Å²) in [7, 11) is 0. The Morgan fingerprint density at radius 2 is 2.07 bits per heavy atom. The average molecular weight is 404 g/mol. The molecular formula is C20H26ClN5O2. The number of piperidine rings is 1. The number of carbonyl (C=O) groups is 2. The van der Waals surface area contributed by atoms with Crippen molar-refractivity contribution in [3.8, 4) is 0 Å². The molecule has 1 atom stereocenters. The van der Waals surface area contributed by atoms with Crippen LogP contribution in [-0.2, 0) is 11.3 Å². The van der Waals surface area contributed by atoms with E-state index in [1.807, 2.05) is 43.0 Å². The zero-order valence-corrected chi connectivity index (χ0v) is 17.1. The van der Waals surface area contributed by atoms with Gasteiger partial charge in [-0.1, -0.05) is 28.9 Å². The molecule has 1 aliphatic rings. The van der Waals surface area contributed by atoms with Gasteiger partial charge in [0.2, 0.25) is 5.91 Å². The Hall–Kier alpha value is -2.41. The van der Waals surface area contributed by atoms with Crippen molar-refractivity contribution >= 4 is 23.4 Å². The molecule has 1 aromatic carbocycles. The number of hydrogen-bond donors (Lipinski definition) is 0. The first-order valence-electron chi connectivity index (χ1n) is 9.74. The molecule has 2 amide bonds. The number of nitrogens with zero attached hydrogens (tertiary/aromatic N) is 5. The van der Waals surface area contributed by atoms with Gasteiger partial charge in [0.1, 0.15) is 0 Å². The Kier molecular flexibility index (Phi) is 6.67. The van der Waals surface area contributed by atoms with E-state index in [0.29, 0.717) is 43.4 Å². The van der Waals surface area contributed by atoms with Gasteiger partial charge >= 0.3 is 0 Å². The first-order chi connectivity index (χ1) is 13.5. The molecule has 1 saturated heterocycles. The van der Waals surface area contributed by atoms with Crippen LogP contribution < -0.4 is 0 Å². The summed E-state index contributed by atoms with van der Waals surface area (Å²) in [6.45, 7) is 6.91. The van der Waals surface area contributed by atoms with Crippen molar-refractivity contribution in [1.29, 1.82) is 0 Å². The third-order valence-corrected chi connectivity index (χ3v) is 5.36. The molecule has 2 aromatic rings. The molecule has 28 heavy (non-hydrogen) atoms. The van der Waals surface area contributed by atoms with E-state index in [9.17, 15) is 9.59 Å². The van der Waals surface area contributed by atoms with Gasteiger partial charge in [-0.15, -0.1) is 5.10 Å². The number of amides is 2. The minimum absolute atomic E-state index is 0.132. The van der Waals surface area contributed by atoms with Crippen molar-refractivity contribution in [3.05, 3.63) is 46.7 Å². The number of aromatic nitrogens is 3. The van der Waals surface area contributed by atoms with E-state index in [1.165, 1.54) is 0 Å². The second kappa shape index (κ2) is 9.19. The summed E-state index contributed by atoms with van der Waals surface area (Å²) in [6, 6.07) is 7.50. The van der Waals surface area contributed by atoms with Gasteiger partial charge < -0.3 is 9.80 Å². The quantitative estimate of drug-likeness (QED) is 0.743. The number of halogens is 1. The van der Waals surface area contributed by atoms with Crippen LogP contribution >= 0.6 is 11.6 Å². The second-order valence-electron chi connectivity index (χ2n) is 7.03.